The molecule has 1 fully saturated rings. The fourth-order valence-corrected chi connectivity index (χ4v) is 4.39. The van der Waals surface area contributed by atoms with E-state index in [9.17, 15) is 19.5 Å². The van der Waals surface area contributed by atoms with Gasteiger partial charge in [0.2, 0.25) is 5.91 Å². The smallest absolute Gasteiger partial charge is 0.266 e. The Labute approximate surface area is 168 Å². The highest BCUT2D eigenvalue weighted by Crippen LogP contribution is 2.33. The number of anilines is 1. The summed E-state index contributed by atoms with van der Waals surface area (Å²) in [6.45, 7) is 0.151. The molecular formula is C18H13N2O4S3-. The normalized spacial score (nSPS) is 15.4. The van der Waals surface area contributed by atoms with Crippen LogP contribution in [0.25, 0.3) is 6.08 Å². The summed E-state index contributed by atoms with van der Waals surface area (Å²) in [5.41, 5.74) is 0.327. The lowest BCUT2D eigenvalue weighted by atomic mass is 10.2. The van der Waals surface area contributed by atoms with Gasteiger partial charge >= 0.3 is 0 Å². The Hall–Kier alpha value is -2.49. The monoisotopic (exact) mass is 417 g/mol. The van der Waals surface area contributed by atoms with E-state index in [0.29, 0.717) is 14.9 Å². The number of rotatable bonds is 6. The molecule has 2 aromatic rings. The number of carbonyl (C=O) groups excluding carboxylic acids is 3. The summed E-state index contributed by atoms with van der Waals surface area (Å²) >= 11 is 7.98. The molecule has 138 valence electrons. The lowest BCUT2D eigenvalue weighted by Crippen LogP contribution is -2.31. The van der Waals surface area contributed by atoms with E-state index in [0.717, 1.165) is 4.88 Å². The number of benzene rings is 1. The van der Waals surface area contributed by atoms with Crippen molar-refractivity contribution in [3.63, 3.8) is 0 Å². The second kappa shape index (κ2) is 8.47. The summed E-state index contributed by atoms with van der Waals surface area (Å²) in [6.07, 6.45) is 1.82. The molecule has 27 heavy (non-hydrogen) atoms. The molecule has 0 bridgehead atoms. The first kappa shape index (κ1) is 19.3. The molecule has 3 rings (SSSR count). The van der Waals surface area contributed by atoms with Gasteiger partial charge in [-0.15, -0.1) is 11.3 Å². The zero-order valence-corrected chi connectivity index (χ0v) is 16.3. The third-order valence-electron chi connectivity index (χ3n) is 3.63. The lowest BCUT2D eigenvalue weighted by molar-refractivity contribution is -0.255. The summed E-state index contributed by atoms with van der Waals surface area (Å²) in [5.74, 6) is -1.88. The van der Waals surface area contributed by atoms with Crippen LogP contribution < -0.4 is 10.4 Å². The molecule has 0 spiro atoms. The van der Waals surface area contributed by atoms with Crippen LogP contribution in [0, 0.1) is 0 Å². The van der Waals surface area contributed by atoms with Crippen molar-refractivity contribution in [3.05, 3.63) is 57.1 Å². The van der Waals surface area contributed by atoms with Gasteiger partial charge in [-0.05, 0) is 35.2 Å². The third-order valence-corrected chi connectivity index (χ3v) is 5.83. The molecule has 1 N–H and O–H groups in total. The van der Waals surface area contributed by atoms with Crippen molar-refractivity contribution in [2.24, 2.45) is 0 Å². The molecule has 6 nitrogen and oxygen atoms in total. The average Bonchev–Trinajstić information content (AvgIpc) is 3.23. The standard InChI is InChI=1S/C18H14N2O4S3/c21-15(19-12-4-1-3-11(9-12)17(23)24)6-7-20-16(22)14(27-18(20)25)10-13-5-2-8-26-13/h1-5,8-10H,6-7H2,(H,19,21)(H,23,24)/p-1. The molecule has 1 aliphatic rings. The molecule has 1 saturated heterocycles. The third kappa shape index (κ3) is 4.82. The first-order valence-corrected chi connectivity index (χ1v) is 9.94. The maximum absolute atomic E-state index is 12.5. The van der Waals surface area contributed by atoms with Crippen LogP contribution in [0.4, 0.5) is 5.69 Å². The number of carboxylic acids is 1. The van der Waals surface area contributed by atoms with Gasteiger partial charge < -0.3 is 15.2 Å². The number of thiophene rings is 1. The summed E-state index contributed by atoms with van der Waals surface area (Å²) in [5, 5.41) is 15.4. The minimum Gasteiger partial charge on any atom is -0.545 e. The lowest BCUT2D eigenvalue weighted by Gasteiger charge is -2.14. The number of nitrogens with one attached hydrogen (secondary N) is 1. The van der Waals surface area contributed by atoms with Crippen LogP contribution in [0.2, 0.25) is 0 Å². The van der Waals surface area contributed by atoms with Crippen molar-refractivity contribution in [1.29, 1.82) is 0 Å². The molecule has 2 heterocycles. The molecule has 1 aromatic carbocycles. The van der Waals surface area contributed by atoms with Gasteiger partial charge in [0.25, 0.3) is 5.91 Å². The average molecular weight is 418 g/mol. The van der Waals surface area contributed by atoms with Gasteiger partial charge in [-0.3, -0.25) is 14.5 Å². The van der Waals surface area contributed by atoms with Gasteiger partial charge in [-0.25, -0.2) is 0 Å². The van der Waals surface area contributed by atoms with Crippen molar-refractivity contribution < 1.29 is 19.5 Å². The first-order chi connectivity index (χ1) is 12.9. The summed E-state index contributed by atoms with van der Waals surface area (Å²) < 4.78 is 0.412. The topological polar surface area (TPSA) is 89.5 Å². The molecule has 0 unspecified atom stereocenters. The first-order valence-electron chi connectivity index (χ1n) is 7.84. The van der Waals surface area contributed by atoms with Crippen LogP contribution >= 0.6 is 35.3 Å². The predicted octanol–water partition coefficient (Wildman–Crippen LogP) is 2.34. The predicted molar refractivity (Wildman–Crippen MR) is 108 cm³/mol. The Bertz CT molecular complexity index is 938. The Morgan fingerprint density at radius 3 is 2.78 bits per heavy atom. The van der Waals surface area contributed by atoms with Crippen molar-refractivity contribution in [1.82, 2.24) is 4.90 Å². The van der Waals surface area contributed by atoms with Crippen LogP contribution in [0.5, 0.6) is 0 Å². The van der Waals surface area contributed by atoms with E-state index in [4.69, 9.17) is 12.2 Å². The minimum atomic E-state index is -1.32. The van der Waals surface area contributed by atoms with Gasteiger partial charge in [0.05, 0.1) is 10.9 Å². The van der Waals surface area contributed by atoms with Crippen molar-refractivity contribution in [2.75, 3.05) is 11.9 Å². The van der Waals surface area contributed by atoms with E-state index < -0.39 is 5.97 Å². The summed E-state index contributed by atoms with van der Waals surface area (Å²) in [4.78, 5) is 38.4. The molecule has 0 saturated carbocycles. The van der Waals surface area contributed by atoms with Crippen molar-refractivity contribution >= 4 is 69.2 Å². The molecule has 0 radical (unpaired) electrons. The second-order valence-corrected chi connectivity index (χ2v) is 8.17. The van der Waals surface area contributed by atoms with Crippen molar-refractivity contribution in [3.8, 4) is 0 Å². The van der Waals surface area contributed by atoms with Crippen LogP contribution in [0.1, 0.15) is 21.7 Å². The maximum Gasteiger partial charge on any atom is 0.266 e. The number of carboxylic acid groups (broad SMARTS) is 1. The second-order valence-electron chi connectivity index (χ2n) is 5.52. The van der Waals surface area contributed by atoms with Crippen LogP contribution in [0.15, 0.2) is 46.7 Å². The van der Waals surface area contributed by atoms with Gasteiger partial charge in [-0.1, -0.05) is 42.2 Å². The van der Waals surface area contributed by atoms with Crippen LogP contribution in [0.3, 0.4) is 0 Å². The van der Waals surface area contributed by atoms with E-state index in [1.165, 1.54) is 46.2 Å². The van der Waals surface area contributed by atoms with E-state index in [2.05, 4.69) is 5.32 Å². The van der Waals surface area contributed by atoms with Crippen LogP contribution in [-0.2, 0) is 9.59 Å². The Kier molecular flexibility index (Phi) is 6.04. The van der Waals surface area contributed by atoms with Gasteiger partial charge in [0.1, 0.15) is 4.32 Å². The summed E-state index contributed by atoms with van der Waals surface area (Å²) in [7, 11) is 0. The molecule has 9 heteroatoms. The molecule has 2 amide bonds. The number of thioether (sulfide) groups is 1. The van der Waals surface area contributed by atoms with Crippen LogP contribution in [-0.4, -0.2) is 33.5 Å². The van der Waals surface area contributed by atoms with Gasteiger partial charge in [0, 0.05) is 23.5 Å². The van der Waals surface area contributed by atoms with E-state index in [1.807, 2.05) is 17.5 Å². The quantitative estimate of drug-likeness (QED) is 0.573. The van der Waals surface area contributed by atoms with Gasteiger partial charge in [-0.2, -0.15) is 0 Å². The molecule has 0 aliphatic carbocycles. The van der Waals surface area contributed by atoms with Gasteiger partial charge in [0.15, 0.2) is 0 Å². The number of hydrogen-bond donors (Lipinski definition) is 1. The highest BCUT2D eigenvalue weighted by molar-refractivity contribution is 8.26. The number of nitrogens with zero attached hydrogens (tertiary/aromatic N) is 1. The Morgan fingerprint density at radius 1 is 1.26 bits per heavy atom. The van der Waals surface area contributed by atoms with E-state index in [1.54, 1.807) is 12.1 Å². The number of hydrogen-bond acceptors (Lipinski definition) is 7. The SMILES string of the molecule is O=C(CCN1C(=O)C(=Cc2cccs2)SC1=S)Nc1cccc(C(=O)[O-])c1. The number of thiocarbonyl (C=S) groups is 1. The highest BCUT2D eigenvalue weighted by Gasteiger charge is 2.32. The fourth-order valence-electron chi connectivity index (χ4n) is 2.36. The van der Waals surface area contributed by atoms with Crippen molar-refractivity contribution in [2.45, 2.75) is 6.42 Å². The Balaban J connectivity index is 1.59. The number of aromatic carboxylic acids is 1. The molecule has 1 aliphatic heterocycles. The number of carbonyl (C=O) groups is 3. The Morgan fingerprint density at radius 2 is 2.07 bits per heavy atom. The zero-order chi connectivity index (χ0) is 19.4. The molecule has 1 aromatic heterocycles. The molecule has 0 atom stereocenters. The maximum atomic E-state index is 12.5. The summed E-state index contributed by atoms with van der Waals surface area (Å²) in [6, 6.07) is 9.59. The van der Waals surface area contributed by atoms with E-state index >= 15 is 0 Å². The highest BCUT2D eigenvalue weighted by atomic mass is 32.2. The fraction of sp³-hybridized carbons (Fsp3) is 0.111. The number of amides is 2. The zero-order valence-electron chi connectivity index (χ0n) is 13.8. The largest absolute Gasteiger partial charge is 0.545 e. The van der Waals surface area contributed by atoms with E-state index in [-0.39, 0.29) is 30.3 Å². The molecular weight excluding hydrogens is 404 g/mol. The minimum absolute atomic E-state index is 0.0246.